The molecule has 4 amide bonds. The van der Waals surface area contributed by atoms with Crippen molar-refractivity contribution in [2.75, 3.05) is 11.5 Å². The smallest absolute Gasteiger partial charge is 0.336 e. The quantitative estimate of drug-likeness (QED) is 0.437. The van der Waals surface area contributed by atoms with Gasteiger partial charge in [0.05, 0.1) is 17.9 Å². The standard InChI is InChI=1S/C24H18N2O7/c1-2-32-15-9-7-14(8-10-15)26-22(28)19(21(27)25-24(26)31)13-16-11-12-20(33-16)17-5-3-4-6-18(17)23(29)30/h3-13H,2H2,1H3,(H,29,30)(H,25,27,31)/b19-13-. The Balaban J connectivity index is 1.65. The molecule has 2 heterocycles. The number of carboxylic acid groups (broad SMARTS) is 1. The van der Waals surface area contributed by atoms with Crippen molar-refractivity contribution in [3.8, 4) is 17.1 Å². The third kappa shape index (κ3) is 4.24. The van der Waals surface area contributed by atoms with Crippen molar-refractivity contribution in [3.63, 3.8) is 0 Å². The number of nitrogens with one attached hydrogen (secondary N) is 1. The summed E-state index contributed by atoms with van der Waals surface area (Å²) < 4.78 is 11.0. The molecular formula is C24H18N2O7. The van der Waals surface area contributed by atoms with Gasteiger partial charge in [-0.15, -0.1) is 0 Å². The second-order valence-electron chi connectivity index (χ2n) is 6.94. The molecule has 2 aromatic carbocycles. The topological polar surface area (TPSA) is 126 Å². The van der Waals surface area contributed by atoms with E-state index in [1.54, 1.807) is 30.3 Å². The molecule has 166 valence electrons. The van der Waals surface area contributed by atoms with Crippen LogP contribution in [0.4, 0.5) is 10.5 Å². The van der Waals surface area contributed by atoms with Crippen molar-refractivity contribution in [3.05, 3.63) is 77.6 Å². The van der Waals surface area contributed by atoms with Gasteiger partial charge < -0.3 is 14.3 Å². The average molecular weight is 446 g/mol. The van der Waals surface area contributed by atoms with Gasteiger partial charge in [-0.2, -0.15) is 0 Å². The van der Waals surface area contributed by atoms with E-state index < -0.39 is 23.8 Å². The maximum Gasteiger partial charge on any atom is 0.336 e. The van der Waals surface area contributed by atoms with Crippen molar-refractivity contribution >= 4 is 35.6 Å². The zero-order valence-corrected chi connectivity index (χ0v) is 17.4. The Hall–Kier alpha value is -4.66. The molecule has 0 unspecified atom stereocenters. The number of hydrogen-bond acceptors (Lipinski definition) is 6. The number of nitrogens with zero attached hydrogens (tertiary/aromatic N) is 1. The number of aromatic carboxylic acids is 1. The molecule has 1 aliphatic rings. The number of benzene rings is 2. The van der Waals surface area contributed by atoms with Crippen LogP contribution < -0.4 is 15.0 Å². The summed E-state index contributed by atoms with van der Waals surface area (Å²) in [6.07, 6.45) is 1.21. The fourth-order valence-electron chi connectivity index (χ4n) is 3.35. The molecule has 1 fully saturated rings. The average Bonchev–Trinajstić information content (AvgIpc) is 3.26. The Morgan fingerprint density at radius 2 is 1.79 bits per heavy atom. The van der Waals surface area contributed by atoms with Crippen molar-refractivity contribution in [2.24, 2.45) is 0 Å². The highest BCUT2D eigenvalue weighted by atomic mass is 16.5. The number of ether oxygens (including phenoxy) is 1. The van der Waals surface area contributed by atoms with Gasteiger partial charge in [0.2, 0.25) is 0 Å². The van der Waals surface area contributed by atoms with Crippen LogP contribution in [0, 0.1) is 0 Å². The molecule has 0 radical (unpaired) electrons. The van der Waals surface area contributed by atoms with Crippen LogP contribution in [0.15, 0.2) is 70.7 Å². The monoisotopic (exact) mass is 446 g/mol. The highest BCUT2D eigenvalue weighted by molar-refractivity contribution is 6.39. The van der Waals surface area contributed by atoms with Crippen molar-refractivity contribution < 1.29 is 33.4 Å². The van der Waals surface area contributed by atoms with E-state index in [0.29, 0.717) is 17.9 Å². The highest BCUT2D eigenvalue weighted by Crippen LogP contribution is 2.28. The summed E-state index contributed by atoms with van der Waals surface area (Å²) in [5, 5.41) is 11.5. The molecule has 33 heavy (non-hydrogen) atoms. The van der Waals surface area contributed by atoms with Crippen LogP contribution in [-0.2, 0) is 9.59 Å². The van der Waals surface area contributed by atoms with E-state index in [2.05, 4.69) is 5.32 Å². The van der Waals surface area contributed by atoms with Gasteiger partial charge in [-0.1, -0.05) is 18.2 Å². The summed E-state index contributed by atoms with van der Waals surface area (Å²) in [4.78, 5) is 50.0. The normalized spacial score (nSPS) is 15.0. The third-order valence-corrected chi connectivity index (χ3v) is 4.84. The molecule has 0 aliphatic carbocycles. The van der Waals surface area contributed by atoms with Crippen LogP contribution in [0.2, 0.25) is 0 Å². The highest BCUT2D eigenvalue weighted by Gasteiger charge is 2.37. The van der Waals surface area contributed by atoms with E-state index in [0.717, 1.165) is 4.90 Å². The van der Waals surface area contributed by atoms with Gasteiger partial charge in [0.15, 0.2) is 0 Å². The van der Waals surface area contributed by atoms with E-state index in [1.807, 2.05) is 6.92 Å². The first-order chi connectivity index (χ1) is 15.9. The van der Waals surface area contributed by atoms with Crippen molar-refractivity contribution in [1.82, 2.24) is 5.32 Å². The molecule has 0 saturated carbocycles. The molecule has 4 rings (SSSR count). The molecule has 0 atom stereocenters. The maximum absolute atomic E-state index is 13.0. The number of urea groups is 1. The van der Waals surface area contributed by atoms with Gasteiger partial charge >= 0.3 is 12.0 Å². The van der Waals surface area contributed by atoms with Crippen LogP contribution >= 0.6 is 0 Å². The molecule has 2 N–H and O–H groups in total. The number of carbonyl (C=O) groups excluding carboxylic acids is 3. The minimum absolute atomic E-state index is 0.0461. The number of anilines is 1. The predicted molar refractivity (Wildman–Crippen MR) is 118 cm³/mol. The lowest BCUT2D eigenvalue weighted by Crippen LogP contribution is -2.54. The minimum Gasteiger partial charge on any atom is -0.494 e. The predicted octanol–water partition coefficient (Wildman–Crippen LogP) is 3.71. The fourth-order valence-corrected chi connectivity index (χ4v) is 3.35. The largest absolute Gasteiger partial charge is 0.494 e. The molecular weight excluding hydrogens is 428 g/mol. The number of rotatable bonds is 6. The summed E-state index contributed by atoms with van der Waals surface area (Å²) in [6, 6.07) is 14.7. The number of furan rings is 1. The molecule has 9 heteroatoms. The molecule has 0 spiro atoms. The van der Waals surface area contributed by atoms with E-state index in [4.69, 9.17) is 9.15 Å². The van der Waals surface area contributed by atoms with Crippen LogP contribution in [0.1, 0.15) is 23.0 Å². The first-order valence-corrected chi connectivity index (χ1v) is 9.96. The number of amides is 4. The Bertz CT molecular complexity index is 1290. The molecule has 1 saturated heterocycles. The zero-order chi connectivity index (χ0) is 23.5. The maximum atomic E-state index is 13.0. The van der Waals surface area contributed by atoms with E-state index in [1.165, 1.54) is 36.4 Å². The first kappa shape index (κ1) is 21.6. The Kier molecular flexibility index (Phi) is 5.77. The van der Waals surface area contributed by atoms with Crippen molar-refractivity contribution in [1.29, 1.82) is 0 Å². The van der Waals surface area contributed by atoms with E-state index >= 15 is 0 Å². The number of carboxylic acids is 1. The first-order valence-electron chi connectivity index (χ1n) is 9.96. The Labute approximate surface area is 187 Å². The molecule has 1 aromatic heterocycles. The van der Waals surface area contributed by atoms with Crippen LogP contribution in [0.3, 0.4) is 0 Å². The summed E-state index contributed by atoms with van der Waals surface area (Å²) in [7, 11) is 0. The number of carbonyl (C=O) groups is 4. The number of barbiturate groups is 1. The van der Waals surface area contributed by atoms with Gasteiger partial charge in [-0.3, -0.25) is 14.9 Å². The molecule has 3 aromatic rings. The summed E-state index contributed by atoms with van der Waals surface area (Å²) >= 11 is 0. The zero-order valence-electron chi connectivity index (χ0n) is 17.4. The lowest BCUT2D eigenvalue weighted by Gasteiger charge is -2.26. The van der Waals surface area contributed by atoms with Gasteiger partial charge in [0.1, 0.15) is 22.8 Å². The number of imide groups is 2. The van der Waals surface area contributed by atoms with Crippen molar-refractivity contribution in [2.45, 2.75) is 6.92 Å². The van der Waals surface area contributed by atoms with Gasteiger partial charge in [-0.25, -0.2) is 14.5 Å². The Morgan fingerprint density at radius 3 is 2.48 bits per heavy atom. The van der Waals surface area contributed by atoms with Gasteiger partial charge in [0, 0.05) is 5.56 Å². The fraction of sp³-hybridized carbons (Fsp3) is 0.0833. The summed E-state index contributed by atoms with van der Waals surface area (Å²) in [6.45, 7) is 2.30. The lowest BCUT2D eigenvalue weighted by molar-refractivity contribution is -0.122. The number of hydrogen-bond donors (Lipinski definition) is 2. The SMILES string of the molecule is CCOc1ccc(N2C(=O)NC(=O)/C(=C/c3ccc(-c4ccccc4C(=O)O)o3)C2=O)cc1. The molecule has 9 nitrogen and oxygen atoms in total. The summed E-state index contributed by atoms with van der Waals surface area (Å²) in [5.41, 5.74) is 0.343. The van der Waals surface area contributed by atoms with Crippen LogP contribution in [0.25, 0.3) is 17.4 Å². The molecule has 0 bridgehead atoms. The van der Waals surface area contributed by atoms with Crippen LogP contribution in [0.5, 0.6) is 5.75 Å². The third-order valence-electron chi connectivity index (χ3n) is 4.84. The van der Waals surface area contributed by atoms with E-state index in [9.17, 15) is 24.3 Å². The second kappa shape index (κ2) is 8.83. The van der Waals surface area contributed by atoms with Gasteiger partial charge in [0.25, 0.3) is 11.8 Å². The minimum atomic E-state index is -1.12. The van der Waals surface area contributed by atoms with Crippen LogP contribution in [-0.4, -0.2) is 35.5 Å². The van der Waals surface area contributed by atoms with E-state index in [-0.39, 0.29) is 28.3 Å². The summed E-state index contributed by atoms with van der Waals surface area (Å²) in [5.74, 6) is -1.84. The Morgan fingerprint density at radius 1 is 1.06 bits per heavy atom. The second-order valence-corrected chi connectivity index (χ2v) is 6.94. The van der Waals surface area contributed by atoms with Gasteiger partial charge in [-0.05, 0) is 55.5 Å². The lowest BCUT2D eigenvalue weighted by atomic mass is 10.1. The molecule has 1 aliphatic heterocycles.